The number of benzene rings is 1. The lowest BCUT2D eigenvalue weighted by molar-refractivity contribution is 0.0696. The monoisotopic (exact) mass is 318 g/mol. The molecule has 0 aliphatic rings. The van der Waals surface area contributed by atoms with Crippen LogP contribution in [0.25, 0.3) is 11.3 Å². The van der Waals surface area contributed by atoms with Gasteiger partial charge in [0.15, 0.2) is 5.16 Å². The second-order valence-electron chi connectivity index (χ2n) is 4.64. The van der Waals surface area contributed by atoms with Gasteiger partial charge in [0, 0.05) is 18.4 Å². The normalized spacial score (nSPS) is 12.1. The molecule has 6 heteroatoms. The first-order chi connectivity index (χ1) is 10.6. The minimum absolute atomic E-state index is 0.00477. The summed E-state index contributed by atoms with van der Waals surface area (Å²) in [4.78, 5) is 19.7. The number of nitrogens with zero attached hydrogens (tertiary/aromatic N) is 2. The van der Waals surface area contributed by atoms with Crippen molar-refractivity contribution in [3.05, 3.63) is 41.6 Å². The first-order valence-corrected chi connectivity index (χ1v) is 8.15. The van der Waals surface area contributed by atoms with Crippen molar-refractivity contribution in [1.29, 1.82) is 0 Å². The molecule has 1 heterocycles. The van der Waals surface area contributed by atoms with E-state index in [1.54, 1.807) is 0 Å². The molecule has 0 fully saturated rings. The summed E-state index contributed by atoms with van der Waals surface area (Å²) in [5, 5.41) is 9.84. The number of thioether (sulfide) groups is 1. The third kappa shape index (κ3) is 3.64. The Hall–Kier alpha value is -1.92. The number of carboxylic acid groups (broad SMARTS) is 1. The van der Waals surface area contributed by atoms with E-state index in [1.165, 1.54) is 18.0 Å². The number of hydrogen-bond acceptors (Lipinski definition) is 5. The highest BCUT2D eigenvalue weighted by molar-refractivity contribution is 7.98. The summed E-state index contributed by atoms with van der Waals surface area (Å²) < 4.78 is 5.55. The summed E-state index contributed by atoms with van der Waals surface area (Å²) in [6, 6.07) is 7.60. The summed E-state index contributed by atoms with van der Waals surface area (Å²) in [5.74, 6) is -1.03. The van der Waals surface area contributed by atoms with Crippen molar-refractivity contribution in [2.45, 2.75) is 25.1 Å². The molecule has 0 unspecified atom stereocenters. The fraction of sp³-hybridized carbons (Fsp3) is 0.312. The summed E-state index contributed by atoms with van der Waals surface area (Å²) in [7, 11) is 0. The van der Waals surface area contributed by atoms with E-state index in [2.05, 4.69) is 9.97 Å². The van der Waals surface area contributed by atoms with Gasteiger partial charge in [0.2, 0.25) is 0 Å². The molecule has 0 amide bonds. The Balaban J connectivity index is 2.40. The van der Waals surface area contributed by atoms with Crippen LogP contribution in [0.15, 0.2) is 35.6 Å². The standard InChI is InChI=1S/C16H18N2O3S/c1-4-21-10(2)11-5-7-12(8-6-11)14-13(15(19)20)9-17-16(18-14)22-3/h5-10H,4H2,1-3H3,(H,19,20)/t10-/m0/s1. The van der Waals surface area contributed by atoms with Gasteiger partial charge in [0.05, 0.1) is 11.8 Å². The smallest absolute Gasteiger partial charge is 0.339 e. The Morgan fingerprint density at radius 2 is 2.05 bits per heavy atom. The van der Waals surface area contributed by atoms with Crippen LogP contribution in [-0.4, -0.2) is 33.9 Å². The Bertz CT molecular complexity index is 659. The Morgan fingerprint density at radius 1 is 1.36 bits per heavy atom. The molecular weight excluding hydrogens is 300 g/mol. The maximum absolute atomic E-state index is 11.3. The third-order valence-electron chi connectivity index (χ3n) is 3.25. The van der Waals surface area contributed by atoms with E-state index in [-0.39, 0.29) is 11.7 Å². The highest BCUT2D eigenvalue weighted by Gasteiger charge is 2.15. The largest absolute Gasteiger partial charge is 0.478 e. The van der Waals surface area contributed by atoms with E-state index in [4.69, 9.17) is 4.74 Å². The van der Waals surface area contributed by atoms with E-state index in [0.717, 1.165) is 11.1 Å². The summed E-state index contributed by atoms with van der Waals surface area (Å²) in [6.45, 7) is 4.58. The maximum atomic E-state index is 11.3. The predicted octanol–water partition coefficient (Wildman–Crippen LogP) is 3.66. The lowest BCUT2D eigenvalue weighted by Gasteiger charge is -2.13. The lowest BCUT2D eigenvalue weighted by atomic mass is 10.0. The van der Waals surface area contributed by atoms with Crippen molar-refractivity contribution in [3.8, 4) is 11.3 Å². The zero-order chi connectivity index (χ0) is 16.1. The quantitative estimate of drug-likeness (QED) is 0.647. The van der Waals surface area contributed by atoms with Gasteiger partial charge < -0.3 is 9.84 Å². The van der Waals surface area contributed by atoms with Crippen molar-refractivity contribution < 1.29 is 14.6 Å². The molecule has 2 rings (SSSR count). The summed E-state index contributed by atoms with van der Waals surface area (Å²) >= 11 is 1.38. The number of aromatic nitrogens is 2. The van der Waals surface area contributed by atoms with E-state index in [9.17, 15) is 9.90 Å². The number of rotatable bonds is 6. The first-order valence-electron chi connectivity index (χ1n) is 6.93. The number of carboxylic acids is 1. The topological polar surface area (TPSA) is 72.3 Å². The van der Waals surface area contributed by atoms with Crippen molar-refractivity contribution in [1.82, 2.24) is 9.97 Å². The van der Waals surface area contributed by atoms with Crippen LogP contribution in [-0.2, 0) is 4.74 Å². The van der Waals surface area contributed by atoms with Crippen LogP contribution < -0.4 is 0 Å². The van der Waals surface area contributed by atoms with Crippen LogP contribution in [0.1, 0.15) is 35.9 Å². The number of carbonyl (C=O) groups is 1. The molecule has 0 saturated carbocycles. The summed E-state index contributed by atoms with van der Waals surface area (Å²) in [5.41, 5.74) is 2.33. The maximum Gasteiger partial charge on any atom is 0.339 e. The van der Waals surface area contributed by atoms with Crippen LogP contribution in [0, 0.1) is 0 Å². The van der Waals surface area contributed by atoms with Gasteiger partial charge in [0.25, 0.3) is 0 Å². The minimum atomic E-state index is -1.03. The number of aromatic carboxylic acids is 1. The predicted molar refractivity (Wildman–Crippen MR) is 86.2 cm³/mol. The van der Waals surface area contributed by atoms with Gasteiger partial charge in [0.1, 0.15) is 5.56 Å². The molecule has 0 bridgehead atoms. The molecule has 0 saturated heterocycles. The van der Waals surface area contributed by atoms with Crippen LogP contribution in [0.5, 0.6) is 0 Å². The van der Waals surface area contributed by atoms with Gasteiger partial charge in [-0.15, -0.1) is 0 Å². The van der Waals surface area contributed by atoms with Gasteiger partial charge in [-0.05, 0) is 25.7 Å². The average molecular weight is 318 g/mol. The molecule has 0 aliphatic heterocycles. The van der Waals surface area contributed by atoms with Gasteiger partial charge in [-0.2, -0.15) is 0 Å². The number of hydrogen-bond donors (Lipinski definition) is 1. The molecule has 1 aromatic carbocycles. The zero-order valence-electron chi connectivity index (χ0n) is 12.7. The highest BCUT2D eigenvalue weighted by atomic mass is 32.2. The molecule has 116 valence electrons. The highest BCUT2D eigenvalue weighted by Crippen LogP contribution is 2.26. The van der Waals surface area contributed by atoms with Crippen molar-refractivity contribution >= 4 is 17.7 Å². The fourth-order valence-corrected chi connectivity index (χ4v) is 2.44. The second kappa shape index (κ2) is 7.38. The molecule has 2 aromatic rings. The van der Waals surface area contributed by atoms with Gasteiger partial charge in [-0.1, -0.05) is 36.0 Å². The van der Waals surface area contributed by atoms with Gasteiger partial charge >= 0.3 is 5.97 Å². The minimum Gasteiger partial charge on any atom is -0.478 e. The Morgan fingerprint density at radius 3 is 2.59 bits per heavy atom. The molecule has 5 nitrogen and oxygen atoms in total. The van der Waals surface area contributed by atoms with Crippen LogP contribution in [0.3, 0.4) is 0 Å². The average Bonchev–Trinajstić information content (AvgIpc) is 2.54. The van der Waals surface area contributed by atoms with E-state index in [1.807, 2.05) is 44.4 Å². The molecule has 0 aliphatic carbocycles. The SMILES string of the molecule is CCO[C@@H](C)c1ccc(-c2nc(SC)ncc2C(=O)O)cc1. The van der Waals surface area contributed by atoms with Crippen LogP contribution in [0.2, 0.25) is 0 Å². The van der Waals surface area contributed by atoms with E-state index >= 15 is 0 Å². The molecule has 1 aromatic heterocycles. The first kappa shape index (κ1) is 16.5. The third-order valence-corrected chi connectivity index (χ3v) is 3.81. The van der Waals surface area contributed by atoms with Crippen molar-refractivity contribution in [2.75, 3.05) is 12.9 Å². The Kier molecular flexibility index (Phi) is 5.51. The molecular formula is C16H18N2O3S. The molecule has 0 spiro atoms. The van der Waals surface area contributed by atoms with Crippen molar-refractivity contribution in [3.63, 3.8) is 0 Å². The zero-order valence-corrected chi connectivity index (χ0v) is 13.6. The molecule has 1 atom stereocenters. The van der Waals surface area contributed by atoms with Gasteiger partial charge in [-0.25, -0.2) is 14.8 Å². The van der Waals surface area contributed by atoms with E-state index in [0.29, 0.717) is 17.5 Å². The van der Waals surface area contributed by atoms with Crippen LogP contribution in [0.4, 0.5) is 0 Å². The molecule has 22 heavy (non-hydrogen) atoms. The van der Waals surface area contributed by atoms with E-state index < -0.39 is 5.97 Å². The van der Waals surface area contributed by atoms with Crippen molar-refractivity contribution in [2.24, 2.45) is 0 Å². The second-order valence-corrected chi connectivity index (χ2v) is 5.42. The molecule has 1 N–H and O–H groups in total. The number of ether oxygens (including phenoxy) is 1. The van der Waals surface area contributed by atoms with Crippen LogP contribution >= 0.6 is 11.8 Å². The lowest BCUT2D eigenvalue weighted by Crippen LogP contribution is -2.04. The summed E-state index contributed by atoms with van der Waals surface area (Å²) in [6.07, 6.45) is 3.21. The Labute approximate surface area is 133 Å². The van der Waals surface area contributed by atoms with Gasteiger partial charge in [-0.3, -0.25) is 0 Å². The molecule has 0 radical (unpaired) electrons. The fourth-order valence-electron chi connectivity index (χ4n) is 2.10.